The molecule has 0 aromatic heterocycles. The lowest BCUT2D eigenvalue weighted by atomic mass is 10.0. The van der Waals surface area contributed by atoms with Crippen LogP contribution in [-0.2, 0) is 0 Å². The van der Waals surface area contributed by atoms with Gasteiger partial charge in [-0.15, -0.1) is 0 Å². The molecule has 0 unspecified atom stereocenters. The lowest BCUT2D eigenvalue weighted by molar-refractivity contribution is 1.45. The molecule has 18 heavy (non-hydrogen) atoms. The van der Waals surface area contributed by atoms with Crippen molar-refractivity contribution in [1.29, 1.82) is 10.5 Å². The van der Waals surface area contributed by atoms with Crippen molar-refractivity contribution >= 4 is 16.8 Å². The summed E-state index contributed by atoms with van der Waals surface area (Å²) in [4.78, 5) is 0. The minimum absolute atomic E-state index is 0.186. The van der Waals surface area contributed by atoms with E-state index in [1.165, 1.54) is 0 Å². The van der Waals surface area contributed by atoms with Crippen LogP contribution in [0.4, 0.5) is 0 Å². The molecule has 0 heterocycles. The number of allylic oxidation sites excluding steroid dienone is 2. The van der Waals surface area contributed by atoms with E-state index in [4.69, 9.17) is 10.5 Å². The molecule has 0 radical (unpaired) electrons. The van der Waals surface area contributed by atoms with Crippen LogP contribution in [0.5, 0.6) is 0 Å². The van der Waals surface area contributed by atoms with Crippen LogP contribution in [0.1, 0.15) is 5.56 Å². The van der Waals surface area contributed by atoms with E-state index < -0.39 is 0 Å². The highest BCUT2D eigenvalue weighted by Crippen LogP contribution is 2.22. The molecule has 2 nitrogen and oxygen atoms in total. The maximum atomic E-state index is 9.03. The molecule has 2 rings (SSSR count). The molecule has 84 valence electrons. The van der Waals surface area contributed by atoms with E-state index in [1.54, 1.807) is 6.08 Å². The average molecular weight is 230 g/mol. The number of fused-ring (bicyclic) bond motifs is 1. The van der Waals surface area contributed by atoms with Gasteiger partial charge in [0, 0.05) is 0 Å². The van der Waals surface area contributed by atoms with Crippen LogP contribution in [0.2, 0.25) is 0 Å². The third-order valence-corrected chi connectivity index (χ3v) is 2.70. The molecule has 2 heteroatoms. The van der Waals surface area contributed by atoms with Crippen molar-refractivity contribution in [2.75, 3.05) is 0 Å². The Hall–Kier alpha value is -2.84. The molecule has 2 aromatic carbocycles. The molecule has 0 bridgehead atoms. The number of nitrogens with zero attached hydrogens (tertiary/aromatic N) is 2. The summed E-state index contributed by atoms with van der Waals surface area (Å²) in [6.45, 7) is 3.57. The summed E-state index contributed by atoms with van der Waals surface area (Å²) in [5.74, 6) is 0. The maximum Gasteiger partial charge on any atom is 0.101 e. The Morgan fingerprint density at radius 3 is 2.44 bits per heavy atom. The van der Waals surface area contributed by atoms with E-state index in [1.807, 2.05) is 54.6 Å². The van der Waals surface area contributed by atoms with Gasteiger partial charge in [-0.3, -0.25) is 0 Å². The number of benzene rings is 2. The van der Waals surface area contributed by atoms with E-state index in [9.17, 15) is 0 Å². The SMILES string of the molecule is C=C(C#N)C(C#N)=Cc1cccc2ccccc12. The summed E-state index contributed by atoms with van der Waals surface area (Å²) >= 11 is 0. The summed E-state index contributed by atoms with van der Waals surface area (Å²) in [6.07, 6.45) is 1.70. The van der Waals surface area contributed by atoms with Crippen molar-refractivity contribution in [3.8, 4) is 12.1 Å². The van der Waals surface area contributed by atoms with Crippen LogP contribution in [0, 0.1) is 22.7 Å². The maximum absolute atomic E-state index is 9.03. The Labute approximate surface area is 106 Å². The third-order valence-electron chi connectivity index (χ3n) is 2.70. The Kier molecular flexibility index (Phi) is 3.23. The first kappa shape index (κ1) is 11.6. The summed E-state index contributed by atoms with van der Waals surface area (Å²) in [5, 5.41) is 20.0. The zero-order chi connectivity index (χ0) is 13.0. The van der Waals surface area contributed by atoms with Gasteiger partial charge in [0.15, 0.2) is 0 Å². The van der Waals surface area contributed by atoms with Gasteiger partial charge in [0.25, 0.3) is 0 Å². The molecule has 0 N–H and O–H groups in total. The molecule has 2 aromatic rings. The number of nitriles is 2. The zero-order valence-corrected chi connectivity index (χ0v) is 9.72. The molecular formula is C16H10N2. The highest BCUT2D eigenvalue weighted by atomic mass is 14.3. The monoisotopic (exact) mass is 230 g/mol. The molecule has 0 aliphatic heterocycles. The van der Waals surface area contributed by atoms with Crippen LogP contribution in [0.25, 0.3) is 16.8 Å². The standard InChI is InChI=1S/C16H10N2/c1-12(10-17)15(11-18)9-14-7-4-6-13-5-2-3-8-16(13)14/h2-9H,1H2. The van der Waals surface area contributed by atoms with E-state index in [0.717, 1.165) is 16.3 Å². The molecule has 0 atom stereocenters. The van der Waals surface area contributed by atoms with Gasteiger partial charge in [-0.1, -0.05) is 49.0 Å². The van der Waals surface area contributed by atoms with Crippen LogP contribution in [-0.4, -0.2) is 0 Å². The van der Waals surface area contributed by atoms with Crippen molar-refractivity contribution in [2.45, 2.75) is 0 Å². The van der Waals surface area contributed by atoms with Gasteiger partial charge in [0.1, 0.15) is 6.07 Å². The molecule has 0 aliphatic rings. The Morgan fingerprint density at radius 1 is 1.00 bits per heavy atom. The van der Waals surface area contributed by atoms with Gasteiger partial charge in [-0.05, 0) is 22.4 Å². The fourth-order valence-corrected chi connectivity index (χ4v) is 1.78. The Morgan fingerprint density at radius 2 is 1.72 bits per heavy atom. The molecule has 0 aliphatic carbocycles. The fraction of sp³-hybridized carbons (Fsp3) is 0. The molecule has 0 spiro atoms. The van der Waals surface area contributed by atoms with Crippen molar-refractivity contribution in [3.05, 3.63) is 65.8 Å². The van der Waals surface area contributed by atoms with E-state index in [-0.39, 0.29) is 5.57 Å². The quantitative estimate of drug-likeness (QED) is 0.581. The van der Waals surface area contributed by atoms with Crippen LogP contribution in [0.3, 0.4) is 0 Å². The van der Waals surface area contributed by atoms with Crippen LogP contribution < -0.4 is 0 Å². The second kappa shape index (κ2) is 4.99. The second-order valence-electron chi connectivity index (χ2n) is 3.83. The molecular weight excluding hydrogens is 220 g/mol. The zero-order valence-electron chi connectivity index (χ0n) is 9.72. The largest absolute Gasteiger partial charge is 0.192 e. The van der Waals surface area contributed by atoms with Crippen molar-refractivity contribution < 1.29 is 0 Å². The Bertz CT molecular complexity index is 719. The van der Waals surface area contributed by atoms with E-state index in [0.29, 0.717) is 5.57 Å². The lowest BCUT2D eigenvalue weighted by Gasteiger charge is -2.02. The van der Waals surface area contributed by atoms with Crippen molar-refractivity contribution in [2.24, 2.45) is 0 Å². The highest BCUT2D eigenvalue weighted by molar-refractivity contribution is 5.91. The van der Waals surface area contributed by atoms with Crippen molar-refractivity contribution in [1.82, 2.24) is 0 Å². The molecule has 0 saturated heterocycles. The smallest absolute Gasteiger partial charge is 0.101 e. The van der Waals surface area contributed by atoms with Gasteiger partial charge in [0.05, 0.1) is 17.2 Å². The third kappa shape index (κ3) is 2.14. The summed E-state index contributed by atoms with van der Waals surface area (Å²) in [6, 6.07) is 17.7. The first-order valence-corrected chi connectivity index (χ1v) is 5.45. The van der Waals surface area contributed by atoms with E-state index >= 15 is 0 Å². The molecule has 0 saturated carbocycles. The minimum Gasteiger partial charge on any atom is -0.192 e. The summed E-state index contributed by atoms with van der Waals surface area (Å²) < 4.78 is 0. The minimum atomic E-state index is 0.186. The second-order valence-corrected chi connectivity index (χ2v) is 3.83. The van der Waals surface area contributed by atoms with Gasteiger partial charge >= 0.3 is 0 Å². The van der Waals surface area contributed by atoms with E-state index in [2.05, 4.69) is 6.58 Å². The first-order valence-electron chi connectivity index (χ1n) is 5.45. The summed E-state index contributed by atoms with van der Waals surface area (Å²) in [7, 11) is 0. The molecule has 0 fully saturated rings. The van der Waals surface area contributed by atoms with Gasteiger partial charge in [0.2, 0.25) is 0 Å². The normalized spacial score (nSPS) is 10.7. The Balaban J connectivity index is 2.63. The predicted octanol–water partition coefficient (Wildman–Crippen LogP) is 3.83. The fourth-order valence-electron chi connectivity index (χ4n) is 1.78. The summed E-state index contributed by atoms with van der Waals surface area (Å²) in [5.41, 5.74) is 1.40. The predicted molar refractivity (Wildman–Crippen MR) is 72.3 cm³/mol. The highest BCUT2D eigenvalue weighted by Gasteiger charge is 2.03. The average Bonchev–Trinajstić information content (AvgIpc) is 2.44. The first-order chi connectivity index (χ1) is 8.76. The van der Waals surface area contributed by atoms with Crippen molar-refractivity contribution in [3.63, 3.8) is 0 Å². The van der Waals surface area contributed by atoms with Gasteiger partial charge < -0.3 is 0 Å². The molecule has 0 amide bonds. The van der Waals surface area contributed by atoms with Gasteiger partial charge in [-0.2, -0.15) is 10.5 Å². The van der Waals surface area contributed by atoms with Gasteiger partial charge in [-0.25, -0.2) is 0 Å². The topological polar surface area (TPSA) is 47.6 Å². The van der Waals surface area contributed by atoms with Crippen LogP contribution in [0.15, 0.2) is 60.2 Å². The lowest BCUT2D eigenvalue weighted by Crippen LogP contribution is -1.84. The number of rotatable bonds is 2. The number of hydrogen-bond donors (Lipinski definition) is 0. The number of hydrogen-bond acceptors (Lipinski definition) is 2. The van der Waals surface area contributed by atoms with Crippen LogP contribution >= 0.6 is 0 Å².